The molecule has 0 spiro atoms. The third-order valence-electron chi connectivity index (χ3n) is 17.5. The second-order valence-electron chi connectivity index (χ2n) is 28.0. The lowest BCUT2D eigenvalue weighted by Crippen LogP contribution is -2.30. The van der Waals surface area contributed by atoms with E-state index in [2.05, 4.69) is 41.5 Å². The number of carbonyl (C=O) groups excluding carboxylic acids is 4. The summed E-state index contributed by atoms with van der Waals surface area (Å²) in [5, 5.41) is 10.6. The van der Waals surface area contributed by atoms with Crippen molar-refractivity contribution in [3.05, 3.63) is 0 Å². The molecule has 0 aromatic heterocycles. The Hall–Kier alpha value is -1.94. The van der Waals surface area contributed by atoms with Gasteiger partial charge in [-0.05, 0) is 37.5 Å². The largest absolute Gasteiger partial charge is 0.472 e. The highest BCUT2D eigenvalue weighted by molar-refractivity contribution is 7.47. The van der Waals surface area contributed by atoms with E-state index < -0.39 is 97.5 Å². The molecule has 94 heavy (non-hydrogen) atoms. The summed E-state index contributed by atoms with van der Waals surface area (Å²) in [6, 6.07) is 0. The summed E-state index contributed by atoms with van der Waals surface area (Å²) in [5.74, 6) is -0.635. The molecule has 0 aliphatic heterocycles. The molecule has 558 valence electrons. The van der Waals surface area contributed by atoms with Crippen molar-refractivity contribution < 1.29 is 80.2 Å². The van der Waals surface area contributed by atoms with Gasteiger partial charge in [0.15, 0.2) is 12.2 Å². The molecule has 2 unspecified atom stereocenters. The highest BCUT2D eigenvalue weighted by Gasteiger charge is 2.30. The highest BCUT2D eigenvalue weighted by atomic mass is 31.2. The fourth-order valence-corrected chi connectivity index (χ4v) is 13.1. The van der Waals surface area contributed by atoms with Gasteiger partial charge in [-0.1, -0.05) is 337 Å². The molecular formula is C75H146O17P2. The molecular weight excluding hydrogens is 1230 g/mol. The number of aliphatic hydroxyl groups is 1. The van der Waals surface area contributed by atoms with Crippen LogP contribution in [0, 0.1) is 11.8 Å². The molecule has 0 aromatic carbocycles. The Labute approximate surface area is 575 Å². The Morgan fingerprint density at radius 2 is 0.489 bits per heavy atom. The van der Waals surface area contributed by atoms with Crippen molar-refractivity contribution in [3.63, 3.8) is 0 Å². The summed E-state index contributed by atoms with van der Waals surface area (Å²) in [6.45, 7) is 9.54. The number of hydrogen-bond acceptors (Lipinski definition) is 15. The number of carbonyl (C=O) groups is 4. The van der Waals surface area contributed by atoms with Crippen LogP contribution >= 0.6 is 15.6 Å². The summed E-state index contributed by atoms with van der Waals surface area (Å²) < 4.78 is 68.5. The molecule has 0 heterocycles. The van der Waals surface area contributed by atoms with Gasteiger partial charge in [0.25, 0.3) is 0 Å². The van der Waals surface area contributed by atoms with E-state index in [9.17, 15) is 43.2 Å². The van der Waals surface area contributed by atoms with Crippen LogP contribution in [-0.4, -0.2) is 96.7 Å². The lowest BCUT2D eigenvalue weighted by atomic mass is 10.0. The van der Waals surface area contributed by atoms with Crippen LogP contribution in [0.3, 0.4) is 0 Å². The van der Waals surface area contributed by atoms with E-state index in [-0.39, 0.29) is 25.7 Å². The van der Waals surface area contributed by atoms with Crippen molar-refractivity contribution in [3.8, 4) is 0 Å². The molecule has 0 saturated carbocycles. The van der Waals surface area contributed by atoms with E-state index in [1.165, 1.54) is 199 Å². The van der Waals surface area contributed by atoms with Crippen LogP contribution in [0.25, 0.3) is 0 Å². The van der Waals surface area contributed by atoms with E-state index in [0.717, 1.165) is 102 Å². The van der Waals surface area contributed by atoms with Crippen molar-refractivity contribution >= 4 is 39.5 Å². The Morgan fingerprint density at radius 1 is 0.287 bits per heavy atom. The Bertz CT molecular complexity index is 1820. The second-order valence-corrected chi connectivity index (χ2v) is 30.9. The molecule has 0 saturated heterocycles. The third kappa shape index (κ3) is 68.6. The predicted molar refractivity (Wildman–Crippen MR) is 381 cm³/mol. The molecule has 5 atom stereocenters. The van der Waals surface area contributed by atoms with Gasteiger partial charge in [-0.3, -0.25) is 37.3 Å². The van der Waals surface area contributed by atoms with Gasteiger partial charge in [-0.25, -0.2) is 9.13 Å². The van der Waals surface area contributed by atoms with Gasteiger partial charge in [0.2, 0.25) is 0 Å². The molecule has 0 bridgehead atoms. The van der Waals surface area contributed by atoms with Gasteiger partial charge in [0, 0.05) is 25.7 Å². The number of unbranched alkanes of at least 4 members (excludes halogenated alkanes) is 44. The normalized spacial score (nSPS) is 14.0. The molecule has 0 aliphatic rings. The SMILES string of the molecule is CCCCCCCCCCCCCCCCCC(=O)OC[C@H](COP(=O)(O)OC[C@@H](O)COP(=O)(O)OC[C@@H](COC(=O)CCCCCCCCC(C)C)OC(=O)CCCCCCCCCCCCCC)OC(=O)CCCCCCCCCCCCCCCCCC(C)C. The predicted octanol–water partition coefficient (Wildman–Crippen LogP) is 21.9. The van der Waals surface area contributed by atoms with Crippen LogP contribution in [0.15, 0.2) is 0 Å². The van der Waals surface area contributed by atoms with Crippen LogP contribution in [-0.2, 0) is 65.4 Å². The fraction of sp³-hybridized carbons (Fsp3) is 0.947. The summed E-state index contributed by atoms with van der Waals surface area (Å²) in [4.78, 5) is 72.7. The number of phosphoric ester groups is 2. The zero-order valence-electron chi connectivity index (χ0n) is 61.3. The van der Waals surface area contributed by atoms with Gasteiger partial charge in [-0.2, -0.15) is 0 Å². The van der Waals surface area contributed by atoms with Crippen molar-refractivity contribution in [2.75, 3.05) is 39.6 Å². The number of rotatable bonds is 74. The quantitative estimate of drug-likeness (QED) is 0.0222. The lowest BCUT2D eigenvalue weighted by Gasteiger charge is -2.21. The first-order valence-electron chi connectivity index (χ1n) is 39.0. The molecule has 0 aliphatic carbocycles. The molecule has 0 fully saturated rings. The Kier molecular flexibility index (Phi) is 65.5. The Morgan fingerprint density at radius 3 is 0.723 bits per heavy atom. The van der Waals surface area contributed by atoms with Gasteiger partial charge in [0.05, 0.1) is 26.4 Å². The molecule has 0 amide bonds. The van der Waals surface area contributed by atoms with Crippen LogP contribution < -0.4 is 0 Å². The molecule has 3 N–H and O–H groups in total. The third-order valence-corrected chi connectivity index (χ3v) is 19.4. The van der Waals surface area contributed by atoms with Crippen molar-refractivity contribution in [1.82, 2.24) is 0 Å². The number of hydrogen-bond donors (Lipinski definition) is 3. The minimum Gasteiger partial charge on any atom is -0.462 e. The van der Waals surface area contributed by atoms with Crippen LogP contribution in [0.4, 0.5) is 0 Å². The van der Waals surface area contributed by atoms with Gasteiger partial charge in [0.1, 0.15) is 19.3 Å². The maximum absolute atomic E-state index is 13.1. The molecule has 17 nitrogen and oxygen atoms in total. The van der Waals surface area contributed by atoms with Crippen molar-refractivity contribution in [2.24, 2.45) is 11.8 Å². The number of phosphoric acid groups is 2. The van der Waals surface area contributed by atoms with Crippen molar-refractivity contribution in [1.29, 1.82) is 0 Å². The molecule has 0 aromatic rings. The molecule has 0 rings (SSSR count). The first-order chi connectivity index (χ1) is 45.4. The van der Waals surface area contributed by atoms with Crippen molar-refractivity contribution in [2.45, 2.75) is 407 Å². The maximum atomic E-state index is 13.1. The monoisotopic (exact) mass is 1380 g/mol. The zero-order chi connectivity index (χ0) is 69.3. The summed E-state index contributed by atoms with van der Waals surface area (Å²) in [5.41, 5.74) is 0. The number of ether oxygens (including phenoxy) is 4. The average Bonchev–Trinajstić information content (AvgIpc) is 1.17. The lowest BCUT2D eigenvalue weighted by molar-refractivity contribution is -0.161. The topological polar surface area (TPSA) is 237 Å². The molecule has 19 heteroatoms. The van der Waals surface area contributed by atoms with E-state index in [4.69, 9.17) is 37.0 Å². The number of aliphatic hydroxyl groups excluding tert-OH is 1. The summed E-state index contributed by atoms with van der Waals surface area (Å²) in [6.07, 6.45) is 54.2. The first-order valence-corrected chi connectivity index (χ1v) is 42.0. The molecule has 0 radical (unpaired) electrons. The average molecular weight is 1380 g/mol. The maximum Gasteiger partial charge on any atom is 0.472 e. The van der Waals surface area contributed by atoms with E-state index >= 15 is 0 Å². The zero-order valence-corrected chi connectivity index (χ0v) is 63.1. The summed E-state index contributed by atoms with van der Waals surface area (Å²) >= 11 is 0. The van der Waals surface area contributed by atoms with Crippen LogP contribution in [0.2, 0.25) is 0 Å². The van der Waals surface area contributed by atoms with Crippen LogP contribution in [0.1, 0.15) is 388 Å². The van der Waals surface area contributed by atoms with Crippen LogP contribution in [0.5, 0.6) is 0 Å². The Balaban J connectivity index is 5.23. The second kappa shape index (κ2) is 66.9. The van der Waals surface area contributed by atoms with Gasteiger partial charge in [-0.15, -0.1) is 0 Å². The minimum absolute atomic E-state index is 0.106. The minimum atomic E-state index is -4.96. The van der Waals surface area contributed by atoms with E-state index in [1.807, 2.05) is 0 Å². The summed E-state index contributed by atoms with van der Waals surface area (Å²) in [7, 11) is -9.91. The standard InChI is InChI=1S/C75H146O17P2/c1-7-9-11-13-15-17-19-21-23-27-31-34-38-45-51-57-72(77)85-63-70(91-75(80)60-54-48-40-36-32-28-25-22-24-26-29-33-37-43-49-55-67(3)4)65-89-93(81,82)87-61-69(76)62-88-94(83,84)90-66-71(64-86-73(78)58-52-46-42-41-44-50-56-68(5)6)92-74(79)59-53-47-39-35-30-20-18-16-14-12-10-8-2/h67-71,76H,7-66H2,1-6H3,(H,81,82)(H,83,84)/t69-,70-,71-/m1/s1. The van der Waals surface area contributed by atoms with Gasteiger partial charge >= 0.3 is 39.5 Å². The number of esters is 4. The fourth-order valence-electron chi connectivity index (χ4n) is 11.5. The highest BCUT2D eigenvalue weighted by Crippen LogP contribution is 2.45. The van der Waals surface area contributed by atoms with E-state index in [1.54, 1.807) is 0 Å². The van der Waals surface area contributed by atoms with E-state index in [0.29, 0.717) is 31.6 Å². The smallest absolute Gasteiger partial charge is 0.462 e. The van der Waals surface area contributed by atoms with Gasteiger partial charge < -0.3 is 33.8 Å². The first kappa shape index (κ1) is 92.1.